The largest absolute Gasteiger partial charge is 0.377 e. The second-order valence-electron chi connectivity index (χ2n) is 5.29. The van der Waals surface area contributed by atoms with Gasteiger partial charge in [-0.15, -0.1) is 11.3 Å². The van der Waals surface area contributed by atoms with Crippen molar-refractivity contribution in [3.05, 3.63) is 22.4 Å². The Morgan fingerprint density at radius 1 is 1.56 bits per heavy atom. The molecule has 2 rings (SSSR count). The van der Waals surface area contributed by atoms with Gasteiger partial charge in [0.15, 0.2) is 0 Å². The third kappa shape index (κ3) is 4.05. The van der Waals surface area contributed by atoms with Gasteiger partial charge in [0.05, 0.1) is 5.60 Å². The van der Waals surface area contributed by atoms with Gasteiger partial charge in [-0.3, -0.25) is 4.90 Å². The number of rotatable bonds is 6. The average molecular weight is 268 g/mol. The number of ether oxygens (including phenoxy) is 1. The standard InChI is InChI=1S/C14H24N2OS/c1-14(17-2)6-4-8-16(12-14)9-7-15-11-13-5-3-10-18-13/h3,5,10,15H,4,6-9,11-12H2,1-2H3. The molecule has 0 saturated carbocycles. The van der Waals surface area contributed by atoms with Crippen LogP contribution in [0.4, 0.5) is 0 Å². The minimum Gasteiger partial charge on any atom is -0.377 e. The van der Waals surface area contributed by atoms with Crippen molar-refractivity contribution in [2.75, 3.05) is 33.3 Å². The lowest BCUT2D eigenvalue weighted by Crippen LogP contribution is -2.48. The Morgan fingerprint density at radius 2 is 2.44 bits per heavy atom. The molecule has 1 N–H and O–H groups in total. The maximum atomic E-state index is 5.61. The van der Waals surface area contributed by atoms with Gasteiger partial charge >= 0.3 is 0 Å². The first-order chi connectivity index (χ1) is 8.72. The van der Waals surface area contributed by atoms with E-state index in [9.17, 15) is 0 Å². The second-order valence-corrected chi connectivity index (χ2v) is 6.32. The van der Waals surface area contributed by atoms with E-state index >= 15 is 0 Å². The minimum atomic E-state index is 0.0615. The molecule has 1 aliphatic heterocycles. The summed E-state index contributed by atoms with van der Waals surface area (Å²) in [5.74, 6) is 0. The van der Waals surface area contributed by atoms with Crippen LogP contribution >= 0.6 is 11.3 Å². The van der Waals surface area contributed by atoms with Crippen LogP contribution in [0.25, 0.3) is 0 Å². The summed E-state index contributed by atoms with van der Waals surface area (Å²) in [7, 11) is 1.83. The topological polar surface area (TPSA) is 24.5 Å². The Bertz CT molecular complexity index is 342. The van der Waals surface area contributed by atoms with E-state index in [-0.39, 0.29) is 5.60 Å². The molecule has 1 atom stereocenters. The van der Waals surface area contributed by atoms with E-state index < -0.39 is 0 Å². The molecule has 2 heterocycles. The molecule has 4 heteroatoms. The lowest BCUT2D eigenvalue weighted by molar-refractivity contribution is -0.0502. The maximum absolute atomic E-state index is 5.61. The van der Waals surface area contributed by atoms with Gasteiger partial charge in [0.25, 0.3) is 0 Å². The normalized spacial score (nSPS) is 25.4. The predicted octanol–water partition coefficient (Wildman–Crippen LogP) is 2.34. The molecule has 1 fully saturated rings. The number of likely N-dealkylation sites (tertiary alicyclic amines) is 1. The van der Waals surface area contributed by atoms with Crippen LogP contribution in [0.5, 0.6) is 0 Å². The van der Waals surface area contributed by atoms with Crippen LogP contribution in [0.15, 0.2) is 17.5 Å². The zero-order valence-electron chi connectivity index (χ0n) is 11.4. The van der Waals surface area contributed by atoms with E-state index in [4.69, 9.17) is 4.74 Å². The predicted molar refractivity (Wildman–Crippen MR) is 77.1 cm³/mol. The molecule has 1 aliphatic rings. The number of thiophene rings is 1. The van der Waals surface area contributed by atoms with Gasteiger partial charge < -0.3 is 10.1 Å². The summed E-state index contributed by atoms with van der Waals surface area (Å²) in [4.78, 5) is 3.92. The SMILES string of the molecule is COC1(C)CCCN(CCNCc2cccs2)C1. The first-order valence-corrected chi connectivity index (χ1v) is 7.60. The van der Waals surface area contributed by atoms with E-state index in [1.165, 1.54) is 24.3 Å². The molecule has 1 unspecified atom stereocenters. The van der Waals surface area contributed by atoms with Crippen molar-refractivity contribution in [2.45, 2.75) is 31.9 Å². The quantitative estimate of drug-likeness (QED) is 0.802. The molecular weight excluding hydrogens is 244 g/mol. The minimum absolute atomic E-state index is 0.0615. The van der Waals surface area contributed by atoms with Gasteiger partial charge in [0.1, 0.15) is 0 Å². The van der Waals surface area contributed by atoms with Crippen LogP contribution in [-0.2, 0) is 11.3 Å². The smallest absolute Gasteiger partial charge is 0.0777 e. The van der Waals surface area contributed by atoms with Crippen LogP contribution in [0.2, 0.25) is 0 Å². The monoisotopic (exact) mass is 268 g/mol. The van der Waals surface area contributed by atoms with E-state index in [1.807, 2.05) is 18.4 Å². The highest BCUT2D eigenvalue weighted by Crippen LogP contribution is 2.23. The zero-order chi connectivity index (χ0) is 12.8. The highest BCUT2D eigenvalue weighted by Gasteiger charge is 2.30. The van der Waals surface area contributed by atoms with E-state index in [0.29, 0.717) is 0 Å². The highest BCUT2D eigenvalue weighted by molar-refractivity contribution is 7.09. The van der Waals surface area contributed by atoms with E-state index in [1.54, 1.807) is 0 Å². The summed E-state index contributed by atoms with van der Waals surface area (Å²) in [6.45, 7) is 7.65. The Kier molecular flexibility index (Phi) is 5.18. The Labute approximate surface area is 114 Å². The highest BCUT2D eigenvalue weighted by atomic mass is 32.1. The van der Waals surface area contributed by atoms with Gasteiger partial charge in [0, 0.05) is 38.2 Å². The molecule has 1 aromatic rings. The zero-order valence-corrected chi connectivity index (χ0v) is 12.3. The number of hydrogen-bond acceptors (Lipinski definition) is 4. The maximum Gasteiger partial charge on any atom is 0.0777 e. The fourth-order valence-electron chi connectivity index (χ4n) is 2.53. The van der Waals surface area contributed by atoms with Crippen molar-refractivity contribution < 1.29 is 4.74 Å². The van der Waals surface area contributed by atoms with Gasteiger partial charge in [0.2, 0.25) is 0 Å². The lowest BCUT2D eigenvalue weighted by Gasteiger charge is -2.39. The summed E-state index contributed by atoms with van der Waals surface area (Å²) in [5.41, 5.74) is 0.0615. The third-order valence-electron chi connectivity index (χ3n) is 3.71. The van der Waals surface area contributed by atoms with Crippen molar-refractivity contribution in [3.63, 3.8) is 0 Å². The van der Waals surface area contributed by atoms with Crippen molar-refractivity contribution in [1.82, 2.24) is 10.2 Å². The van der Waals surface area contributed by atoms with Crippen LogP contribution < -0.4 is 5.32 Å². The lowest BCUT2D eigenvalue weighted by atomic mass is 9.95. The number of piperidine rings is 1. The van der Waals surface area contributed by atoms with Gasteiger partial charge in [-0.25, -0.2) is 0 Å². The van der Waals surface area contributed by atoms with Gasteiger partial charge in [-0.2, -0.15) is 0 Å². The summed E-state index contributed by atoms with van der Waals surface area (Å²) in [5, 5.41) is 5.64. The molecular formula is C14H24N2OS. The van der Waals surface area contributed by atoms with E-state index in [2.05, 4.69) is 34.7 Å². The molecule has 3 nitrogen and oxygen atoms in total. The Morgan fingerprint density at radius 3 is 3.17 bits per heavy atom. The number of nitrogens with one attached hydrogen (secondary N) is 1. The molecule has 0 amide bonds. The van der Waals surface area contributed by atoms with E-state index in [0.717, 1.165) is 26.2 Å². The molecule has 0 aliphatic carbocycles. The molecule has 0 aromatic carbocycles. The number of nitrogens with zero attached hydrogens (tertiary/aromatic N) is 1. The number of methoxy groups -OCH3 is 1. The molecule has 102 valence electrons. The van der Waals surface area contributed by atoms with Crippen molar-refractivity contribution >= 4 is 11.3 Å². The molecule has 0 spiro atoms. The second kappa shape index (κ2) is 6.66. The Hall–Kier alpha value is -0.420. The first kappa shape index (κ1) is 14.0. The van der Waals surface area contributed by atoms with Crippen LogP contribution in [0, 0.1) is 0 Å². The summed E-state index contributed by atoms with van der Waals surface area (Å²) in [6.07, 6.45) is 2.43. The molecule has 1 aromatic heterocycles. The summed E-state index contributed by atoms with van der Waals surface area (Å²) >= 11 is 1.82. The number of hydrogen-bond donors (Lipinski definition) is 1. The van der Waals surface area contributed by atoms with Gasteiger partial charge in [-0.05, 0) is 37.8 Å². The van der Waals surface area contributed by atoms with Crippen LogP contribution in [0.3, 0.4) is 0 Å². The van der Waals surface area contributed by atoms with Crippen LogP contribution in [0.1, 0.15) is 24.6 Å². The van der Waals surface area contributed by atoms with Crippen LogP contribution in [-0.4, -0.2) is 43.8 Å². The summed E-state index contributed by atoms with van der Waals surface area (Å²) < 4.78 is 5.61. The Balaban J connectivity index is 1.64. The van der Waals surface area contributed by atoms with Crippen molar-refractivity contribution in [2.24, 2.45) is 0 Å². The molecule has 0 radical (unpaired) electrons. The fraction of sp³-hybridized carbons (Fsp3) is 0.714. The summed E-state index contributed by atoms with van der Waals surface area (Å²) in [6, 6.07) is 4.29. The fourth-order valence-corrected chi connectivity index (χ4v) is 3.20. The van der Waals surface area contributed by atoms with Gasteiger partial charge in [-0.1, -0.05) is 6.07 Å². The van der Waals surface area contributed by atoms with Crippen molar-refractivity contribution in [1.29, 1.82) is 0 Å². The average Bonchev–Trinajstić information content (AvgIpc) is 2.88. The molecule has 18 heavy (non-hydrogen) atoms. The van der Waals surface area contributed by atoms with Crippen molar-refractivity contribution in [3.8, 4) is 0 Å². The third-order valence-corrected chi connectivity index (χ3v) is 4.59. The first-order valence-electron chi connectivity index (χ1n) is 6.72. The molecule has 0 bridgehead atoms. The molecule has 1 saturated heterocycles.